The highest BCUT2D eigenvalue weighted by Crippen LogP contribution is 2.47. The van der Waals surface area contributed by atoms with Crippen LogP contribution in [-0.4, -0.2) is 119 Å². The monoisotopic (exact) mass is 916 g/mol. The Hall–Kier alpha value is -5.23. The molecule has 3 aliphatic carbocycles. The Morgan fingerprint density at radius 1 is 1.11 bits per heavy atom. The Morgan fingerprint density at radius 3 is 2.60 bits per heavy atom. The molecule has 2 bridgehead atoms. The molecule has 65 heavy (non-hydrogen) atoms. The van der Waals surface area contributed by atoms with E-state index in [1.165, 1.54) is 11.0 Å². The van der Waals surface area contributed by atoms with Gasteiger partial charge in [-0.05, 0) is 94.9 Å². The van der Waals surface area contributed by atoms with E-state index in [-0.39, 0.29) is 31.4 Å². The number of hydrogen-bond acceptors (Lipinski definition) is 12. The van der Waals surface area contributed by atoms with Crippen LogP contribution >= 0.6 is 0 Å². The Bertz CT molecular complexity index is 2400. The first kappa shape index (κ1) is 46.3. The van der Waals surface area contributed by atoms with Crippen LogP contribution in [0.1, 0.15) is 103 Å². The van der Waals surface area contributed by atoms with Gasteiger partial charge in [0.25, 0.3) is 5.91 Å². The van der Waals surface area contributed by atoms with Crippen molar-refractivity contribution < 1.29 is 41.8 Å². The van der Waals surface area contributed by atoms with Gasteiger partial charge in [0.05, 0.1) is 29.0 Å². The minimum Gasteiger partial charge on any atom is -0.492 e. The van der Waals surface area contributed by atoms with E-state index in [1.54, 1.807) is 13.1 Å². The zero-order chi connectivity index (χ0) is 46.3. The molecule has 2 aliphatic heterocycles. The summed E-state index contributed by atoms with van der Waals surface area (Å²) < 4.78 is 46.9. The van der Waals surface area contributed by atoms with E-state index in [2.05, 4.69) is 44.1 Å². The molecule has 8 rings (SSSR count). The number of fused-ring (bicyclic) bond motifs is 5. The van der Waals surface area contributed by atoms with Crippen LogP contribution in [0.4, 0.5) is 4.79 Å². The molecule has 4 N–H and O–H groups in total. The number of hydrogen-bond donors (Lipinski definition) is 4. The predicted octanol–water partition coefficient (Wildman–Crippen LogP) is 4.91. The number of nitrogens with one attached hydrogen (secondary N) is 4. The minimum atomic E-state index is -4.02. The van der Waals surface area contributed by atoms with Crippen molar-refractivity contribution in [1.82, 2.24) is 40.3 Å². The lowest BCUT2D eigenvalue weighted by atomic mass is 9.85. The van der Waals surface area contributed by atoms with E-state index < -0.39 is 73.6 Å². The van der Waals surface area contributed by atoms with Gasteiger partial charge in [-0.25, -0.2) is 18.2 Å². The smallest absolute Gasteiger partial charge is 0.408 e. The van der Waals surface area contributed by atoms with Crippen molar-refractivity contribution in [1.29, 1.82) is 0 Å². The molecule has 7 atom stereocenters. The first-order valence-corrected chi connectivity index (χ1v) is 24.6. The lowest BCUT2D eigenvalue weighted by Gasteiger charge is -2.35. The SMILES string of the molecule is C=C[C@@H]1C[C@]1(NC(=O)[C@@H]1C[C@@H]2CN1C(=O)[C@H](C(C)(C)C)NC(=O)O[C@@H]1C[C@H]1CCCCCc1c(nc3ccccc3c1OCCCN(C)Cc1ccn[nH]1)O2)C(=O)NS(=O)(=O)C1(C)CC1. The molecule has 18 heteroatoms. The average Bonchev–Trinajstić information content (AvgIpc) is 4.20. The standard InChI is InChI=1S/C47H64N8O9S/c1-7-30-26-47(30,43(58)53-65(60,61)46(5)19-20-46)51-40(56)36-25-32-28-55(36)42(57)39(45(2,3)4)50-44(59)64-37-24-29(37)14-9-8-10-16-34-38(33-15-11-12-17-35(33)49-41(34)63-32)62-23-13-22-54(6)27-31-18-21-48-52-31/h7,11-12,15,17-18,21,29-30,32,36-37,39H,1,8-10,13-14,16,19-20,22-28H2,2-6H3,(H,48,52)(H,50,59)(H,51,56)(H,53,58)/t29-,30-,32-,36+,37-,39-,47-/m1/s1. The largest absolute Gasteiger partial charge is 0.492 e. The maximum atomic E-state index is 14.9. The number of nitrogens with zero attached hydrogens (tertiary/aromatic N) is 4. The average molecular weight is 917 g/mol. The second-order valence-electron chi connectivity index (χ2n) is 20.1. The van der Waals surface area contributed by atoms with Crippen LogP contribution in [0.5, 0.6) is 11.6 Å². The van der Waals surface area contributed by atoms with E-state index in [0.29, 0.717) is 43.0 Å². The Morgan fingerprint density at radius 2 is 1.89 bits per heavy atom. The number of amides is 4. The number of ether oxygens (including phenoxy) is 3. The molecule has 4 heterocycles. The molecule has 1 saturated heterocycles. The number of carbonyl (C=O) groups is 4. The summed E-state index contributed by atoms with van der Waals surface area (Å²) in [6, 6.07) is 7.44. The lowest BCUT2D eigenvalue weighted by molar-refractivity contribution is -0.142. The fourth-order valence-corrected chi connectivity index (χ4v) is 10.6. The molecule has 3 saturated carbocycles. The lowest BCUT2D eigenvalue weighted by Crippen LogP contribution is -2.60. The number of H-pyrrole nitrogens is 1. The molecule has 4 amide bonds. The van der Waals surface area contributed by atoms with Crippen molar-refractivity contribution in [2.24, 2.45) is 17.3 Å². The third kappa shape index (κ3) is 10.1. The summed E-state index contributed by atoms with van der Waals surface area (Å²) in [5, 5.41) is 13.6. The van der Waals surface area contributed by atoms with Gasteiger partial charge < -0.3 is 34.6 Å². The number of aromatic nitrogens is 3. The number of aromatic amines is 1. The molecule has 352 valence electrons. The van der Waals surface area contributed by atoms with Crippen molar-refractivity contribution in [2.75, 3.05) is 26.7 Å². The van der Waals surface area contributed by atoms with E-state index in [9.17, 15) is 27.6 Å². The fourth-order valence-electron chi connectivity index (χ4n) is 9.24. The minimum absolute atomic E-state index is 0.0161. The maximum Gasteiger partial charge on any atom is 0.408 e. The Balaban J connectivity index is 1.10. The zero-order valence-corrected chi connectivity index (χ0v) is 39.0. The molecule has 2 aromatic heterocycles. The maximum absolute atomic E-state index is 14.9. The summed E-state index contributed by atoms with van der Waals surface area (Å²) in [4.78, 5) is 65.5. The molecule has 3 aromatic rings. The number of rotatable bonds is 13. The Kier molecular flexibility index (Phi) is 13.0. The van der Waals surface area contributed by atoms with Crippen LogP contribution in [0.3, 0.4) is 0 Å². The highest BCUT2D eigenvalue weighted by molar-refractivity contribution is 7.91. The molecule has 4 fully saturated rings. The quantitative estimate of drug-likeness (QED) is 0.133. The van der Waals surface area contributed by atoms with Crippen molar-refractivity contribution in [3.8, 4) is 11.6 Å². The second-order valence-corrected chi connectivity index (χ2v) is 22.3. The topological polar surface area (TPSA) is 214 Å². The van der Waals surface area contributed by atoms with Gasteiger partial charge in [0.15, 0.2) is 0 Å². The van der Waals surface area contributed by atoms with Crippen LogP contribution < -0.4 is 24.8 Å². The van der Waals surface area contributed by atoms with Crippen LogP contribution in [0.15, 0.2) is 49.2 Å². The van der Waals surface area contributed by atoms with E-state index in [0.717, 1.165) is 68.3 Å². The van der Waals surface area contributed by atoms with E-state index in [1.807, 2.05) is 51.1 Å². The van der Waals surface area contributed by atoms with Crippen LogP contribution in [0.25, 0.3) is 10.9 Å². The summed E-state index contributed by atoms with van der Waals surface area (Å²) in [6.07, 6.45) is 8.24. The third-order valence-corrected chi connectivity index (χ3v) is 16.0. The summed E-state index contributed by atoms with van der Waals surface area (Å²) in [5.74, 6) is -1.30. The van der Waals surface area contributed by atoms with Crippen molar-refractivity contribution in [2.45, 2.75) is 139 Å². The highest BCUT2D eigenvalue weighted by Gasteiger charge is 2.63. The molecular weight excluding hydrogens is 853 g/mol. The molecule has 0 unspecified atom stereocenters. The van der Waals surface area contributed by atoms with Crippen LogP contribution in [-0.2, 0) is 42.1 Å². The predicted molar refractivity (Wildman–Crippen MR) is 242 cm³/mol. The number of alkyl carbamates (subject to hydrolysis) is 1. The van der Waals surface area contributed by atoms with Crippen molar-refractivity contribution in [3.63, 3.8) is 0 Å². The zero-order valence-electron chi connectivity index (χ0n) is 38.2. The number of pyridine rings is 1. The molecule has 0 radical (unpaired) electrons. The summed E-state index contributed by atoms with van der Waals surface area (Å²) in [7, 11) is -1.97. The van der Waals surface area contributed by atoms with Gasteiger partial charge in [-0.3, -0.25) is 24.2 Å². The molecular formula is C47H64N8O9S. The van der Waals surface area contributed by atoms with Gasteiger partial charge >= 0.3 is 6.09 Å². The highest BCUT2D eigenvalue weighted by atomic mass is 32.2. The van der Waals surface area contributed by atoms with Crippen LogP contribution in [0, 0.1) is 17.3 Å². The molecule has 5 aliphatic rings. The second kappa shape index (κ2) is 18.2. The number of benzene rings is 1. The molecule has 0 spiro atoms. The first-order valence-electron chi connectivity index (χ1n) is 23.1. The number of sulfonamides is 1. The van der Waals surface area contributed by atoms with Gasteiger partial charge in [0, 0.05) is 42.7 Å². The van der Waals surface area contributed by atoms with Crippen molar-refractivity contribution in [3.05, 3.63) is 60.4 Å². The van der Waals surface area contributed by atoms with Gasteiger partial charge in [-0.2, -0.15) is 5.10 Å². The molecule has 17 nitrogen and oxygen atoms in total. The van der Waals surface area contributed by atoms with Gasteiger partial charge in [0.2, 0.25) is 27.7 Å². The summed E-state index contributed by atoms with van der Waals surface area (Å²) >= 11 is 0. The number of para-hydroxylation sites is 1. The Labute approximate surface area is 381 Å². The van der Waals surface area contributed by atoms with Crippen molar-refractivity contribution >= 4 is 44.7 Å². The summed E-state index contributed by atoms with van der Waals surface area (Å²) in [6.45, 7) is 12.8. The number of carbonyl (C=O) groups excluding carboxylic acids is 4. The third-order valence-electron chi connectivity index (χ3n) is 13.8. The fraction of sp³-hybridized carbons (Fsp3) is 0.617. The van der Waals surface area contributed by atoms with Gasteiger partial charge in [-0.15, -0.1) is 6.58 Å². The van der Waals surface area contributed by atoms with Gasteiger partial charge in [0.1, 0.15) is 35.6 Å². The van der Waals surface area contributed by atoms with E-state index >= 15 is 0 Å². The summed E-state index contributed by atoms with van der Waals surface area (Å²) in [5.41, 5.74) is 0.101. The van der Waals surface area contributed by atoms with E-state index in [4.69, 9.17) is 19.2 Å². The van der Waals surface area contributed by atoms with Crippen LogP contribution in [0.2, 0.25) is 0 Å². The molecule has 1 aromatic carbocycles. The first-order chi connectivity index (χ1) is 30.9. The van der Waals surface area contributed by atoms with Gasteiger partial charge in [-0.1, -0.05) is 51.8 Å². The normalized spacial score (nSPS) is 27.8.